The average molecular weight is 253 g/mol. The van der Waals surface area contributed by atoms with Gasteiger partial charge in [0, 0.05) is 0 Å². The Balaban J connectivity index is 2.21. The monoisotopic (exact) mass is 253 g/mol. The largest absolute Gasteiger partial charge is 0.291 e. The van der Waals surface area contributed by atoms with Gasteiger partial charge in [0.2, 0.25) is 5.78 Å². The lowest BCUT2D eigenvalue weighted by Gasteiger charge is -2.25. The zero-order valence-corrected chi connectivity index (χ0v) is 10.4. The lowest BCUT2D eigenvalue weighted by atomic mass is 9.87. The smallest absolute Gasteiger partial charge is 0.201 e. The molecule has 3 heteroatoms. The van der Waals surface area contributed by atoms with Crippen LogP contribution in [0.25, 0.3) is 0 Å². The van der Waals surface area contributed by atoms with E-state index in [-0.39, 0.29) is 5.78 Å². The van der Waals surface area contributed by atoms with Gasteiger partial charge in [0.15, 0.2) is 4.75 Å². The van der Waals surface area contributed by atoms with Gasteiger partial charge in [0.1, 0.15) is 0 Å². The molecule has 3 rings (SSSR count). The Labute approximate surface area is 110 Å². The highest BCUT2D eigenvalue weighted by atomic mass is 32.2. The summed E-state index contributed by atoms with van der Waals surface area (Å²) in [6, 6.07) is 19.6. The van der Waals surface area contributed by atoms with Crippen molar-refractivity contribution in [2.75, 3.05) is 0 Å². The highest BCUT2D eigenvalue weighted by molar-refractivity contribution is 8.00. The molecule has 0 radical (unpaired) electrons. The summed E-state index contributed by atoms with van der Waals surface area (Å²) in [7, 11) is 0. The molecule has 18 heavy (non-hydrogen) atoms. The molecule has 1 aliphatic heterocycles. The van der Waals surface area contributed by atoms with Gasteiger partial charge >= 0.3 is 0 Å². The van der Waals surface area contributed by atoms with E-state index in [1.54, 1.807) is 0 Å². The first-order valence-electron chi connectivity index (χ1n) is 5.71. The number of ketones is 1. The highest BCUT2D eigenvalue weighted by Gasteiger charge is 2.45. The number of carbonyl (C=O) groups is 1. The molecule has 0 aromatic heterocycles. The molecule has 1 heterocycles. The van der Waals surface area contributed by atoms with Gasteiger partial charge in [0.05, 0.1) is 6.21 Å². The Morgan fingerprint density at radius 1 is 0.833 bits per heavy atom. The molecular formula is C15H11NOS. The van der Waals surface area contributed by atoms with Crippen molar-refractivity contribution in [3.05, 3.63) is 71.8 Å². The van der Waals surface area contributed by atoms with Crippen LogP contribution in [0.4, 0.5) is 0 Å². The predicted molar refractivity (Wildman–Crippen MR) is 74.8 cm³/mol. The third-order valence-corrected chi connectivity index (χ3v) is 4.22. The summed E-state index contributed by atoms with van der Waals surface area (Å²) in [6.07, 6.45) is 1.42. The van der Waals surface area contributed by atoms with E-state index in [2.05, 4.69) is 4.40 Å². The standard InChI is InChI=1S/C15H11NOS/c17-14-11-16-18-15(14,12-7-3-1-4-8-12)13-9-5-2-6-10-13/h1-11H. The summed E-state index contributed by atoms with van der Waals surface area (Å²) in [4.78, 5) is 12.3. The van der Waals surface area contributed by atoms with Crippen molar-refractivity contribution in [2.45, 2.75) is 4.75 Å². The van der Waals surface area contributed by atoms with Crippen molar-refractivity contribution in [2.24, 2.45) is 4.40 Å². The van der Waals surface area contributed by atoms with E-state index in [4.69, 9.17) is 0 Å². The minimum absolute atomic E-state index is 0.0323. The normalized spacial score (nSPS) is 17.0. The maximum Gasteiger partial charge on any atom is 0.201 e. The number of benzene rings is 2. The summed E-state index contributed by atoms with van der Waals surface area (Å²) < 4.78 is 3.41. The predicted octanol–water partition coefficient (Wildman–Crippen LogP) is 3.23. The van der Waals surface area contributed by atoms with E-state index in [1.165, 1.54) is 18.2 Å². The summed E-state index contributed by atoms with van der Waals surface area (Å²) in [6.45, 7) is 0. The van der Waals surface area contributed by atoms with E-state index in [9.17, 15) is 4.79 Å². The first-order valence-corrected chi connectivity index (χ1v) is 6.48. The van der Waals surface area contributed by atoms with Crippen LogP contribution in [0, 0.1) is 0 Å². The zero-order chi connectivity index (χ0) is 12.4. The Morgan fingerprint density at radius 2 is 1.33 bits per heavy atom. The van der Waals surface area contributed by atoms with E-state index in [1.807, 2.05) is 60.7 Å². The first-order chi connectivity index (χ1) is 8.84. The average Bonchev–Trinajstić information content (AvgIpc) is 2.84. The molecule has 0 N–H and O–H groups in total. The fourth-order valence-electron chi connectivity index (χ4n) is 2.19. The lowest BCUT2D eigenvalue weighted by Crippen LogP contribution is -2.31. The summed E-state index contributed by atoms with van der Waals surface area (Å²) in [5, 5.41) is 0. The van der Waals surface area contributed by atoms with Crippen LogP contribution >= 0.6 is 11.9 Å². The molecule has 0 fully saturated rings. The van der Waals surface area contributed by atoms with Crippen LogP contribution in [0.1, 0.15) is 11.1 Å². The van der Waals surface area contributed by atoms with E-state index >= 15 is 0 Å². The Bertz CT molecular complexity index is 553. The van der Waals surface area contributed by atoms with Crippen LogP contribution in [0.5, 0.6) is 0 Å². The second-order valence-corrected chi connectivity index (χ2v) is 5.11. The molecule has 0 atom stereocenters. The Kier molecular flexibility index (Phi) is 2.76. The number of Topliss-reactive ketones (excluding diaryl/α,β-unsaturated/α-hetero) is 1. The maximum atomic E-state index is 12.3. The number of carbonyl (C=O) groups excluding carboxylic acids is 1. The molecule has 2 nitrogen and oxygen atoms in total. The van der Waals surface area contributed by atoms with Crippen molar-refractivity contribution in [3.63, 3.8) is 0 Å². The summed E-state index contributed by atoms with van der Waals surface area (Å²) >= 11 is 1.32. The van der Waals surface area contributed by atoms with Crippen LogP contribution < -0.4 is 0 Å². The molecule has 2 aromatic carbocycles. The third-order valence-electron chi connectivity index (χ3n) is 3.07. The number of hydrogen-bond donors (Lipinski definition) is 0. The van der Waals surface area contributed by atoms with E-state index in [0.29, 0.717) is 0 Å². The zero-order valence-electron chi connectivity index (χ0n) is 9.61. The first kappa shape index (κ1) is 11.2. The Hall–Kier alpha value is -1.87. The molecule has 0 amide bonds. The second kappa shape index (κ2) is 4.42. The van der Waals surface area contributed by atoms with Crippen molar-refractivity contribution in [1.82, 2.24) is 0 Å². The van der Waals surface area contributed by atoms with Gasteiger partial charge in [-0.15, -0.1) is 0 Å². The molecule has 0 bridgehead atoms. The van der Waals surface area contributed by atoms with Crippen LogP contribution in [0.15, 0.2) is 65.1 Å². The lowest BCUT2D eigenvalue weighted by molar-refractivity contribution is -0.113. The third kappa shape index (κ3) is 1.59. The van der Waals surface area contributed by atoms with Crippen molar-refractivity contribution >= 4 is 23.9 Å². The second-order valence-electron chi connectivity index (χ2n) is 4.10. The summed E-state index contributed by atoms with van der Waals surface area (Å²) in [5.41, 5.74) is 1.95. The number of rotatable bonds is 2. The van der Waals surface area contributed by atoms with Crippen molar-refractivity contribution in [3.8, 4) is 0 Å². The van der Waals surface area contributed by atoms with Gasteiger partial charge < -0.3 is 0 Å². The minimum Gasteiger partial charge on any atom is -0.291 e. The molecule has 0 unspecified atom stereocenters. The molecule has 2 aromatic rings. The molecule has 0 saturated carbocycles. The molecular weight excluding hydrogens is 242 g/mol. The summed E-state index contributed by atoms with van der Waals surface area (Å²) in [5.74, 6) is 0.0323. The Morgan fingerprint density at radius 3 is 1.72 bits per heavy atom. The van der Waals surface area contributed by atoms with Crippen molar-refractivity contribution in [1.29, 1.82) is 0 Å². The highest BCUT2D eigenvalue weighted by Crippen LogP contribution is 2.46. The van der Waals surface area contributed by atoms with E-state index < -0.39 is 4.75 Å². The van der Waals surface area contributed by atoms with Gasteiger partial charge in [-0.05, 0) is 23.1 Å². The van der Waals surface area contributed by atoms with Crippen molar-refractivity contribution < 1.29 is 4.79 Å². The molecule has 0 aliphatic carbocycles. The molecule has 0 spiro atoms. The van der Waals surface area contributed by atoms with Gasteiger partial charge in [-0.2, -0.15) is 0 Å². The minimum atomic E-state index is -0.706. The van der Waals surface area contributed by atoms with Gasteiger partial charge in [0.25, 0.3) is 0 Å². The van der Waals surface area contributed by atoms with Crippen LogP contribution in [-0.4, -0.2) is 12.0 Å². The number of hydrogen-bond acceptors (Lipinski definition) is 3. The quantitative estimate of drug-likeness (QED) is 0.769. The molecule has 1 aliphatic rings. The SMILES string of the molecule is O=C1C=NSC1(c1ccccc1)c1ccccc1. The van der Waals surface area contributed by atoms with Gasteiger partial charge in [-0.25, -0.2) is 4.40 Å². The number of nitrogens with zero attached hydrogens (tertiary/aromatic N) is 1. The fourth-order valence-corrected chi connectivity index (χ4v) is 3.12. The van der Waals surface area contributed by atoms with Crippen LogP contribution in [0.2, 0.25) is 0 Å². The molecule has 88 valence electrons. The van der Waals surface area contributed by atoms with Crippen LogP contribution in [0.3, 0.4) is 0 Å². The maximum absolute atomic E-state index is 12.3. The van der Waals surface area contributed by atoms with Crippen LogP contribution in [-0.2, 0) is 9.54 Å². The van der Waals surface area contributed by atoms with E-state index in [0.717, 1.165) is 11.1 Å². The molecule has 0 saturated heterocycles. The van der Waals surface area contributed by atoms with Gasteiger partial charge in [-0.1, -0.05) is 60.7 Å². The fraction of sp³-hybridized carbons (Fsp3) is 0.0667. The van der Waals surface area contributed by atoms with Gasteiger partial charge in [-0.3, -0.25) is 4.79 Å². The topological polar surface area (TPSA) is 29.4 Å².